The lowest BCUT2D eigenvalue weighted by Crippen LogP contribution is -2.08. The number of rotatable bonds is 4. The third kappa shape index (κ3) is 2.89. The molecule has 0 spiro atoms. The Morgan fingerprint density at radius 2 is 2.25 bits per heavy atom. The Labute approximate surface area is 104 Å². The number of carboxylic acid groups (broad SMARTS) is 1. The Morgan fingerprint density at radius 3 is 2.69 bits per heavy atom. The van der Waals surface area contributed by atoms with Crippen molar-refractivity contribution in [3.05, 3.63) is 27.5 Å². The predicted molar refractivity (Wildman–Crippen MR) is 57.8 cm³/mol. The molecule has 7 heteroatoms. The van der Waals surface area contributed by atoms with E-state index in [-0.39, 0.29) is 15.9 Å². The summed E-state index contributed by atoms with van der Waals surface area (Å²) in [6, 6.07) is 0. The summed E-state index contributed by atoms with van der Waals surface area (Å²) in [6.45, 7) is 0. The van der Waals surface area contributed by atoms with Crippen molar-refractivity contribution in [2.75, 3.05) is 0 Å². The van der Waals surface area contributed by atoms with E-state index in [9.17, 15) is 13.6 Å². The maximum atomic E-state index is 12.6. The molecule has 0 aliphatic rings. The number of hydrogen-bond acceptors (Lipinski definition) is 2. The maximum Gasteiger partial charge on any atom is 0.307 e. The van der Waals surface area contributed by atoms with Crippen molar-refractivity contribution in [2.24, 2.45) is 0 Å². The summed E-state index contributed by atoms with van der Waals surface area (Å²) < 4.78 is 25.5. The third-order valence-corrected chi connectivity index (χ3v) is 3.17. The SMILES string of the molecule is O=C(O)Cc1c(C(F)F)ncc(CCl)c1Br. The molecule has 1 heterocycles. The van der Waals surface area contributed by atoms with Gasteiger partial charge in [0.05, 0.1) is 12.3 Å². The minimum absolute atomic E-state index is 0.0272. The normalized spacial score (nSPS) is 10.8. The van der Waals surface area contributed by atoms with E-state index in [0.29, 0.717) is 5.56 Å². The first-order chi connectivity index (χ1) is 7.47. The highest BCUT2D eigenvalue weighted by molar-refractivity contribution is 9.10. The topological polar surface area (TPSA) is 50.2 Å². The zero-order valence-corrected chi connectivity index (χ0v) is 10.2. The first kappa shape index (κ1) is 13.3. The van der Waals surface area contributed by atoms with Crippen molar-refractivity contribution in [3.63, 3.8) is 0 Å². The second kappa shape index (κ2) is 5.54. The van der Waals surface area contributed by atoms with E-state index in [1.54, 1.807) is 0 Å². The van der Waals surface area contributed by atoms with Gasteiger partial charge < -0.3 is 5.11 Å². The van der Waals surface area contributed by atoms with E-state index >= 15 is 0 Å². The summed E-state index contributed by atoms with van der Waals surface area (Å²) in [5, 5.41) is 8.63. The summed E-state index contributed by atoms with van der Waals surface area (Å²) in [4.78, 5) is 14.1. The number of hydrogen-bond donors (Lipinski definition) is 1. The lowest BCUT2D eigenvalue weighted by atomic mass is 10.1. The number of nitrogens with zero attached hydrogens (tertiary/aromatic N) is 1. The summed E-state index contributed by atoms with van der Waals surface area (Å²) >= 11 is 8.64. The van der Waals surface area contributed by atoms with Crippen LogP contribution in [0.3, 0.4) is 0 Å². The van der Waals surface area contributed by atoms with Crippen LogP contribution < -0.4 is 0 Å². The minimum atomic E-state index is -2.81. The van der Waals surface area contributed by atoms with Gasteiger partial charge in [-0.2, -0.15) is 0 Å². The maximum absolute atomic E-state index is 12.6. The van der Waals surface area contributed by atoms with Gasteiger partial charge in [-0.3, -0.25) is 9.78 Å². The fourth-order valence-corrected chi connectivity index (χ4v) is 2.14. The van der Waals surface area contributed by atoms with Gasteiger partial charge in [-0.15, -0.1) is 11.6 Å². The fraction of sp³-hybridized carbons (Fsp3) is 0.333. The average Bonchev–Trinajstić information content (AvgIpc) is 2.19. The standard InChI is InChI=1S/C9H7BrClF2NO2/c10-7-4(2-11)3-14-8(9(12)13)5(7)1-6(15)16/h3,9H,1-2H2,(H,15,16). The summed E-state index contributed by atoms with van der Waals surface area (Å²) in [5.74, 6) is -1.12. The van der Waals surface area contributed by atoms with Crippen LogP contribution in [0.15, 0.2) is 10.7 Å². The summed E-state index contributed by atoms with van der Waals surface area (Å²) in [6.07, 6.45) is -2.11. The molecule has 1 aromatic rings. The van der Waals surface area contributed by atoms with Gasteiger partial charge in [0.15, 0.2) is 0 Å². The van der Waals surface area contributed by atoms with Crippen LogP contribution in [-0.4, -0.2) is 16.1 Å². The molecule has 0 saturated heterocycles. The molecule has 0 radical (unpaired) electrons. The molecular formula is C9H7BrClF2NO2. The number of carbonyl (C=O) groups is 1. The molecule has 3 nitrogen and oxygen atoms in total. The predicted octanol–water partition coefficient (Wildman–Crippen LogP) is 3.15. The van der Waals surface area contributed by atoms with Gasteiger partial charge in [0, 0.05) is 16.2 Å². The van der Waals surface area contributed by atoms with Gasteiger partial charge in [-0.1, -0.05) is 15.9 Å². The first-order valence-electron chi connectivity index (χ1n) is 4.19. The number of carboxylic acids is 1. The third-order valence-electron chi connectivity index (χ3n) is 1.89. The van der Waals surface area contributed by atoms with E-state index in [2.05, 4.69) is 20.9 Å². The van der Waals surface area contributed by atoms with Crippen LogP contribution in [0.2, 0.25) is 0 Å². The second-order valence-electron chi connectivity index (χ2n) is 2.97. The second-order valence-corrected chi connectivity index (χ2v) is 4.03. The minimum Gasteiger partial charge on any atom is -0.481 e. The first-order valence-corrected chi connectivity index (χ1v) is 5.52. The molecule has 0 aliphatic carbocycles. The molecule has 0 unspecified atom stereocenters. The van der Waals surface area contributed by atoms with E-state index in [1.165, 1.54) is 6.20 Å². The summed E-state index contributed by atoms with van der Waals surface area (Å²) in [7, 11) is 0. The molecule has 0 saturated carbocycles. The Kier molecular flexibility index (Phi) is 4.61. The highest BCUT2D eigenvalue weighted by atomic mass is 79.9. The number of alkyl halides is 3. The van der Waals surface area contributed by atoms with Crippen LogP contribution in [0.5, 0.6) is 0 Å². The monoisotopic (exact) mass is 313 g/mol. The average molecular weight is 315 g/mol. The molecule has 0 aromatic carbocycles. The van der Waals surface area contributed by atoms with Crippen molar-refractivity contribution in [3.8, 4) is 0 Å². The lowest BCUT2D eigenvalue weighted by Gasteiger charge is -2.11. The number of aromatic nitrogens is 1. The van der Waals surface area contributed by atoms with Gasteiger partial charge in [0.1, 0.15) is 5.69 Å². The molecular weight excluding hydrogens is 307 g/mol. The van der Waals surface area contributed by atoms with Crippen LogP contribution >= 0.6 is 27.5 Å². The number of pyridine rings is 1. The molecule has 0 atom stereocenters. The zero-order chi connectivity index (χ0) is 12.3. The molecule has 0 amide bonds. The van der Waals surface area contributed by atoms with Crippen LogP contribution in [0.1, 0.15) is 23.2 Å². The van der Waals surface area contributed by atoms with Crippen LogP contribution in [0.4, 0.5) is 8.78 Å². The largest absolute Gasteiger partial charge is 0.481 e. The molecule has 88 valence electrons. The Balaban J connectivity index is 3.30. The van der Waals surface area contributed by atoms with Crippen molar-refractivity contribution >= 4 is 33.5 Å². The van der Waals surface area contributed by atoms with E-state index < -0.39 is 24.5 Å². The highest BCUT2D eigenvalue weighted by Gasteiger charge is 2.21. The Hall–Kier alpha value is -0.750. The van der Waals surface area contributed by atoms with Crippen molar-refractivity contribution in [2.45, 2.75) is 18.7 Å². The van der Waals surface area contributed by atoms with Crippen LogP contribution in [-0.2, 0) is 17.1 Å². The zero-order valence-electron chi connectivity index (χ0n) is 7.88. The van der Waals surface area contributed by atoms with Gasteiger partial charge in [-0.25, -0.2) is 8.78 Å². The van der Waals surface area contributed by atoms with Crippen LogP contribution in [0, 0.1) is 0 Å². The van der Waals surface area contributed by atoms with Gasteiger partial charge in [0.2, 0.25) is 0 Å². The van der Waals surface area contributed by atoms with E-state index in [4.69, 9.17) is 16.7 Å². The number of aliphatic carboxylic acids is 1. The van der Waals surface area contributed by atoms with Crippen molar-refractivity contribution < 1.29 is 18.7 Å². The van der Waals surface area contributed by atoms with Gasteiger partial charge >= 0.3 is 5.97 Å². The summed E-state index contributed by atoms with van der Waals surface area (Å²) in [5.41, 5.74) is -0.0638. The highest BCUT2D eigenvalue weighted by Crippen LogP contribution is 2.30. The molecule has 0 aliphatic heterocycles. The fourth-order valence-electron chi connectivity index (χ4n) is 1.19. The molecule has 0 fully saturated rings. The van der Waals surface area contributed by atoms with Crippen molar-refractivity contribution in [1.29, 1.82) is 0 Å². The molecule has 1 N–H and O–H groups in total. The molecule has 1 rings (SSSR count). The smallest absolute Gasteiger partial charge is 0.307 e. The van der Waals surface area contributed by atoms with Crippen molar-refractivity contribution in [1.82, 2.24) is 4.98 Å². The van der Waals surface area contributed by atoms with Gasteiger partial charge in [-0.05, 0) is 5.56 Å². The van der Waals surface area contributed by atoms with E-state index in [0.717, 1.165) is 0 Å². The van der Waals surface area contributed by atoms with E-state index in [1.807, 2.05) is 0 Å². The Morgan fingerprint density at radius 1 is 1.62 bits per heavy atom. The van der Waals surface area contributed by atoms with Crippen LogP contribution in [0.25, 0.3) is 0 Å². The Bertz CT molecular complexity index is 415. The molecule has 0 bridgehead atoms. The van der Waals surface area contributed by atoms with Gasteiger partial charge in [0.25, 0.3) is 6.43 Å². The molecule has 16 heavy (non-hydrogen) atoms. The lowest BCUT2D eigenvalue weighted by molar-refractivity contribution is -0.136. The molecule has 1 aromatic heterocycles. The number of halogens is 4. The quantitative estimate of drug-likeness (QED) is 0.869.